The van der Waals surface area contributed by atoms with Crippen LogP contribution < -0.4 is 0 Å². The van der Waals surface area contributed by atoms with Gasteiger partial charge in [0.05, 0.1) is 11.4 Å². The van der Waals surface area contributed by atoms with Gasteiger partial charge in [0.2, 0.25) is 0 Å². The maximum atomic E-state index is 9.93. The number of hydrogen-bond donors (Lipinski definition) is 1. The van der Waals surface area contributed by atoms with E-state index < -0.39 is 0 Å². The van der Waals surface area contributed by atoms with Crippen LogP contribution in [0, 0.1) is 6.92 Å². The molecular formula is C13H16N2O. The Bertz CT molecular complexity index is 474. The van der Waals surface area contributed by atoms with Gasteiger partial charge in [-0.25, -0.2) is 4.68 Å². The van der Waals surface area contributed by atoms with Crippen molar-refractivity contribution in [3.05, 3.63) is 41.7 Å². The number of benzene rings is 1. The van der Waals surface area contributed by atoms with Gasteiger partial charge in [0.25, 0.3) is 0 Å². The molecule has 0 spiro atoms. The summed E-state index contributed by atoms with van der Waals surface area (Å²) in [6, 6.07) is 9.86. The van der Waals surface area contributed by atoms with Gasteiger partial charge >= 0.3 is 0 Å². The lowest BCUT2D eigenvalue weighted by Gasteiger charge is -2.02. The normalized spacial score (nSPS) is 10.6. The SMILES string of the molecule is CCCc1nn(-c2ccccc2)c(C)c1O. The monoisotopic (exact) mass is 216 g/mol. The van der Waals surface area contributed by atoms with Crippen LogP contribution in [0.25, 0.3) is 5.69 Å². The Morgan fingerprint density at radius 3 is 2.56 bits per heavy atom. The molecule has 0 fully saturated rings. The fraction of sp³-hybridized carbons (Fsp3) is 0.308. The number of aryl methyl sites for hydroxylation is 1. The number of hydrogen-bond acceptors (Lipinski definition) is 2. The summed E-state index contributed by atoms with van der Waals surface area (Å²) in [4.78, 5) is 0. The van der Waals surface area contributed by atoms with E-state index in [0.29, 0.717) is 5.75 Å². The summed E-state index contributed by atoms with van der Waals surface area (Å²) < 4.78 is 1.79. The Balaban J connectivity index is 2.46. The van der Waals surface area contributed by atoms with E-state index in [1.54, 1.807) is 4.68 Å². The topological polar surface area (TPSA) is 38.0 Å². The fourth-order valence-corrected chi connectivity index (χ4v) is 1.78. The molecule has 1 aromatic heterocycles. The molecule has 0 aliphatic heterocycles. The maximum absolute atomic E-state index is 9.93. The highest BCUT2D eigenvalue weighted by molar-refractivity contribution is 5.40. The van der Waals surface area contributed by atoms with E-state index in [-0.39, 0.29) is 0 Å². The molecule has 0 radical (unpaired) electrons. The zero-order valence-electron chi connectivity index (χ0n) is 9.64. The van der Waals surface area contributed by atoms with Gasteiger partial charge in [-0.15, -0.1) is 0 Å². The van der Waals surface area contributed by atoms with E-state index >= 15 is 0 Å². The molecule has 0 unspecified atom stereocenters. The zero-order chi connectivity index (χ0) is 11.5. The second kappa shape index (κ2) is 4.39. The molecular weight excluding hydrogens is 200 g/mol. The van der Waals surface area contributed by atoms with Gasteiger partial charge in [0.15, 0.2) is 5.75 Å². The van der Waals surface area contributed by atoms with Crippen LogP contribution in [-0.2, 0) is 6.42 Å². The minimum atomic E-state index is 0.325. The third-order valence-electron chi connectivity index (χ3n) is 2.64. The van der Waals surface area contributed by atoms with Crippen LogP contribution in [0.5, 0.6) is 5.75 Å². The van der Waals surface area contributed by atoms with Crippen LogP contribution >= 0.6 is 0 Å². The summed E-state index contributed by atoms with van der Waals surface area (Å²) in [5.74, 6) is 0.325. The van der Waals surface area contributed by atoms with Crippen LogP contribution in [0.1, 0.15) is 24.7 Å². The van der Waals surface area contributed by atoms with Crippen LogP contribution in [0.2, 0.25) is 0 Å². The predicted octanol–water partition coefficient (Wildman–Crippen LogP) is 2.84. The molecule has 1 heterocycles. The largest absolute Gasteiger partial charge is 0.504 e. The van der Waals surface area contributed by atoms with E-state index in [2.05, 4.69) is 12.0 Å². The van der Waals surface area contributed by atoms with Gasteiger partial charge in [0, 0.05) is 0 Å². The molecule has 0 amide bonds. The fourth-order valence-electron chi connectivity index (χ4n) is 1.78. The number of aromatic nitrogens is 2. The summed E-state index contributed by atoms with van der Waals surface area (Å²) >= 11 is 0. The second-order valence-corrected chi connectivity index (χ2v) is 3.88. The number of aromatic hydroxyl groups is 1. The summed E-state index contributed by atoms with van der Waals surface area (Å²) in [5.41, 5.74) is 2.57. The first-order valence-electron chi connectivity index (χ1n) is 5.57. The Labute approximate surface area is 95.3 Å². The molecule has 0 aliphatic carbocycles. The molecule has 3 nitrogen and oxygen atoms in total. The first-order chi connectivity index (χ1) is 7.74. The van der Waals surface area contributed by atoms with E-state index in [0.717, 1.165) is 29.9 Å². The van der Waals surface area contributed by atoms with Crippen molar-refractivity contribution in [2.24, 2.45) is 0 Å². The predicted molar refractivity (Wildman–Crippen MR) is 64.0 cm³/mol. The highest BCUT2D eigenvalue weighted by atomic mass is 16.3. The van der Waals surface area contributed by atoms with Crippen molar-refractivity contribution in [1.82, 2.24) is 9.78 Å². The van der Waals surface area contributed by atoms with Crippen LogP contribution in [0.15, 0.2) is 30.3 Å². The molecule has 0 saturated carbocycles. The molecule has 16 heavy (non-hydrogen) atoms. The molecule has 1 aromatic carbocycles. The molecule has 0 aliphatic rings. The zero-order valence-corrected chi connectivity index (χ0v) is 9.64. The highest BCUT2D eigenvalue weighted by Gasteiger charge is 2.13. The Kier molecular flexibility index (Phi) is 2.95. The molecule has 2 rings (SSSR count). The van der Waals surface area contributed by atoms with Crippen molar-refractivity contribution in [3.8, 4) is 11.4 Å². The summed E-state index contributed by atoms with van der Waals surface area (Å²) in [5, 5.41) is 14.4. The summed E-state index contributed by atoms with van der Waals surface area (Å²) in [6.07, 6.45) is 1.80. The standard InChI is InChI=1S/C13H16N2O/c1-3-7-12-13(16)10(2)15(14-12)11-8-5-4-6-9-11/h4-6,8-9,16H,3,7H2,1-2H3. The lowest BCUT2D eigenvalue weighted by Crippen LogP contribution is -1.98. The average Bonchev–Trinajstić information content (AvgIpc) is 2.59. The molecule has 0 atom stereocenters. The van der Waals surface area contributed by atoms with Crippen LogP contribution in [0.4, 0.5) is 0 Å². The first-order valence-corrected chi connectivity index (χ1v) is 5.57. The summed E-state index contributed by atoms with van der Waals surface area (Å²) in [7, 11) is 0. The minimum Gasteiger partial charge on any atom is -0.504 e. The van der Waals surface area contributed by atoms with Gasteiger partial charge in [-0.1, -0.05) is 31.5 Å². The van der Waals surface area contributed by atoms with Crippen molar-refractivity contribution in [2.75, 3.05) is 0 Å². The van der Waals surface area contributed by atoms with Crippen molar-refractivity contribution in [3.63, 3.8) is 0 Å². The Morgan fingerprint density at radius 2 is 1.94 bits per heavy atom. The Morgan fingerprint density at radius 1 is 1.25 bits per heavy atom. The maximum Gasteiger partial charge on any atom is 0.160 e. The molecule has 3 heteroatoms. The van der Waals surface area contributed by atoms with Crippen LogP contribution in [0.3, 0.4) is 0 Å². The van der Waals surface area contributed by atoms with E-state index in [4.69, 9.17) is 0 Å². The number of para-hydroxylation sites is 1. The molecule has 0 saturated heterocycles. The lowest BCUT2D eigenvalue weighted by atomic mass is 10.2. The quantitative estimate of drug-likeness (QED) is 0.856. The van der Waals surface area contributed by atoms with E-state index in [9.17, 15) is 5.11 Å². The highest BCUT2D eigenvalue weighted by Crippen LogP contribution is 2.24. The van der Waals surface area contributed by atoms with Crippen molar-refractivity contribution < 1.29 is 5.11 Å². The van der Waals surface area contributed by atoms with E-state index in [1.165, 1.54) is 0 Å². The van der Waals surface area contributed by atoms with Gasteiger partial charge < -0.3 is 5.11 Å². The second-order valence-electron chi connectivity index (χ2n) is 3.88. The van der Waals surface area contributed by atoms with Crippen LogP contribution in [-0.4, -0.2) is 14.9 Å². The lowest BCUT2D eigenvalue weighted by molar-refractivity contribution is 0.463. The number of rotatable bonds is 3. The number of nitrogens with zero attached hydrogens (tertiary/aromatic N) is 2. The summed E-state index contributed by atoms with van der Waals surface area (Å²) in [6.45, 7) is 3.96. The Hall–Kier alpha value is -1.77. The third kappa shape index (κ3) is 1.81. The average molecular weight is 216 g/mol. The van der Waals surface area contributed by atoms with Crippen molar-refractivity contribution in [2.45, 2.75) is 26.7 Å². The first kappa shape index (κ1) is 10.7. The molecule has 2 aromatic rings. The van der Waals surface area contributed by atoms with Crippen molar-refractivity contribution in [1.29, 1.82) is 0 Å². The van der Waals surface area contributed by atoms with Crippen molar-refractivity contribution >= 4 is 0 Å². The van der Waals surface area contributed by atoms with Gasteiger partial charge in [-0.3, -0.25) is 0 Å². The molecule has 84 valence electrons. The van der Waals surface area contributed by atoms with E-state index in [1.807, 2.05) is 37.3 Å². The van der Waals surface area contributed by atoms with Gasteiger partial charge in [-0.05, 0) is 25.5 Å². The minimum absolute atomic E-state index is 0.325. The van der Waals surface area contributed by atoms with Gasteiger partial charge in [0.1, 0.15) is 5.69 Å². The third-order valence-corrected chi connectivity index (χ3v) is 2.64. The smallest absolute Gasteiger partial charge is 0.160 e. The molecule has 1 N–H and O–H groups in total. The van der Waals surface area contributed by atoms with Gasteiger partial charge in [-0.2, -0.15) is 5.10 Å². The molecule has 0 bridgehead atoms.